The van der Waals surface area contributed by atoms with E-state index >= 15 is 0 Å². The normalized spacial score (nSPS) is 16.0. The van der Waals surface area contributed by atoms with Crippen LogP contribution in [0.2, 0.25) is 0 Å². The molecule has 0 aliphatic carbocycles. The molecule has 0 spiro atoms. The van der Waals surface area contributed by atoms with Crippen LogP contribution in [0.5, 0.6) is 0 Å². The topological polar surface area (TPSA) is 56.1 Å². The van der Waals surface area contributed by atoms with Crippen LogP contribution < -0.4 is 5.01 Å². The molecule has 0 unspecified atom stereocenters. The molecule has 0 fully saturated rings. The highest BCUT2D eigenvalue weighted by atomic mass is 19.1. The number of carbonyl (C=O) groups is 1. The maximum absolute atomic E-state index is 13.1. The van der Waals surface area contributed by atoms with Gasteiger partial charge in [-0.3, -0.25) is 15.1 Å². The summed E-state index contributed by atoms with van der Waals surface area (Å²) in [6.45, 7) is 0. The van der Waals surface area contributed by atoms with Crippen molar-refractivity contribution in [2.24, 2.45) is 5.10 Å². The number of hydrazone groups is 1. The zero-order valence-corrected chi connectivity index (χ0v) is 12.3. The van der Waals surface area contributed by atoms with E-state index < -0.39 is 11.7 Å². The van der Waals surface area contributed by atoms with Crippen molar-refractivity contribution in [3.8, 4) is 0 Å². The molecule has 0 radical (unpaired) electrons. The van der Waals surface area contributed by atoms with Crippen LogP contribution in [0.4, 0.5) is 10.1 Å². The Bertz CT molecular complexity index is 783. The van der Waals surface area contributed by atoms with Crippen LogP contribution in [0, 0.1) is 5.82 Å². The standard InChI is InChI=1S/C17H14FN3O2/c1-20(23)11-15-16(12-5-3-2-4-6-12)19-21(17(15)22)14-9-7-13(18)8-10-14/h2-11,23H,1H3. The Morgan fingerprint density at radius 3 is 2.39 bits per heavy atom. The molecule has 0 aromatic heterocycles. The Labute approximate surface area is 132 Å². The second-order valence-electron chi connectivity index (χ2n) is 5.02. The minimum Gasteiger partial charge on any atom is -0.289 e. The highest BCUT2D eigenvalue weighted by molar-refractivity contribution is 6.35. The smallest absolute Gasteiger partial charge is 0.282 e. The number of anilines is 1. The van der Waals surface area contributed by atoms with Crippen molar-refractivity contribution in [1.82, 2.24) is 5.06 Å². The van der Waals surface area contributed by atoms with Crippen LogP contribution >= 0.6 is 0 Å². The number of nitrogens with zero attached hydrogens (tertiary/aromatic N) is 3. The molecule has 1 N–H and O–H groups in total. The summed E-state index contributed by atoms with van der Waals surface area (Å²) >= 11 is 0. The molecule has 1 aliphatic heterocycles. The molecular formula is C17H14FN3O2. The lowest BCUT2D eigenvalue weighted by atomic mass is 10.0. The lowest BCUT2D eigenvalue weighted by Crippen LogP contribution is -2.22. The van der Waals surface area contributed by atoms with Crippen LogP contribution in [0.15, 0.2) is 71.5 Å². The van der Waals surface area contributed by atoms with Gasteiger partial charge in [0.05, 0.1) is 11.3 Å². The van der Waals surface area contributed by atoms with Crippen LogP contribution in [-0.4, -0.2) is 28.9 Å². The van der Waals surface area contributed by atoms with Crippen molar-refractivity contribution < 1.29 is 14.4 Å². The minimum absolute atomic E-state index is 0.255. The molecule has 1 aliphatic rings. The Hall–Kier alpha value is -2.99. The van der Waals surface area contributed by atoms with Crippen LogP contribution in [-0.2, 0) is 4.79 Å². The van der Waals surface area contributed by atoms with Gasteiger partial charge < -0.3 is 0 Å². The summed E-state index contributed by atoms with van der Waals surface area (Å²) in [5.74, 6) is -0.783. The zero-order valence-electron chi connectivity index (χ0n) is 12.3. The summed E-state index contributed by atoms with van der Waals surface area (Å²) in [5.41, 5.74) is 1.90. The number of rotatable bonds is 3. The van der Waals surface area contributed by atoms with Gasteiger partial charge in [0.2, 0.25) is 0 Å². The maximum Gasteiger partial charge on any atom is 0.282 e. The van der Waals surface area contributed by atoms with E-state index in [2.05, 4.69) is 5.10 Å². The predicted octanol–water partition coefficient (Wildman–Crippen LogP) is 2.78. The number of hydrogen-bond acceptors (Lipinski definition) is 4. The fourth-order valence-corrected chi connectivity index (χ4v) is 2.28. The van der Waals surface area contributed by atoms with Gasteiger partial charge >= 0.3 is 0 Å². The quantitative estimate of drug-likeness (QED) is 0.700. The monoisotopic (exact) mass is 311 g/mol. The Kier molecular flexibility index (Phi) is 3.91. The minimum atomic E-state index is -0.392. The van der Waals surface area contributed by atoms with E-state index in [0.717, 1.165) is 10.6 Å². The Morgan fingerprint density at radius 2 is 1.78 bits per heavy atom. The largest absolute Gasteiger partial charge is 0.289 e. The second kappa shape index (κ2) is 6.02. The number of hydroxylamine groups is 2. The summed E-state index contributed by atoms with van der Waals surface area (Å²) in [6.07, 6.45) is 1.30. The van der Waals surface area contributed by atoms with Crippen LogP contribution in [0.1, 0.15) is 5.56 Å². The van der Waals surface area contributed by atoms with Gasteiger partial charge in [0.1, 0.15) is 11.5 Å². The van der Waals surface area contributed by atoms with Crippen molar-refractivity contribution in [2.45, 2.75) is 0 Å². The number of benzene rings is 2. The average Bonchev–Trinajstić information content (AvgIpc) is 2.86. The van der Waals surface area contributed by atoms with Crippen molar-refractivity contribution in [3.05, 3.63) is 77.8 Å². The second-order valence-corrected chi connectivity index (χ2v) is 5.02. The van der Waals surface area contributed by atoms with Crippen molar-refractivity contribution in [3.63, 3.8) is 0 Å². The molecule has 0 atom stereocenters. The highest BCUT2D eigenvalue weighted by Gasteiger charge is 2.32. The van der Waals surface area contributed by atoms with Gasteiger partial charge in [0.15, 0.2) is 0 Å². The molecule has 1 heterocycles. The molecule has 0 saturated carbocycles. The molecule has 0 bridgehead atoms. The Balaban J connectivity index is 2.08. The van der Waals surface area contributed by atoms with Gasteiger partial charge in [-0.25, -0.2) is 4.39 Å². The van der Waals surface area contributed by atoms with Gasteiger partial charge in [-0.2, -0.15) is 10.1 Å². The molecule has 2 aromatic rings. The fourth-order valence-electron chi connectivity index (χ4n) is 2.28. The van der Waals surface area contributed by atoms with E-state index in [1.807, 2.05) is 30.3 Å². The van der Waals surface area contributed by atoms with Crippen molar-refractivity contribution in [2.75, 3.05) is 12.1 Å². The summed E-state index contributed by atoms with van der Waals surface area (Å²) in [6, 6.07) is 14.7. The third kappa shape index (κ3) is 2.97. The lowest BCUT2D eigenvalue weighted by molar-refractivity contribution is -0.114. The SMILES string of the molecule is CN(O)C=C1C(=O)N(c2ccc(F)cc2)N=C1c1ccccc1. The lowest BCUT2D eigenvalue weighted by Gasteiger charge is -2.11. The van der Waals surface area contributed by atoms with E-state index in [1.165, 1.54) is 42.5 Å². The van der Waals surface area contributed by atoms with Gasteiger partial charge in [0, 0.05) is 18.8 Å². The van der Waals surface area contributed by atoms with Crippen molar-refractivity contribution >= 4 is 17.3 Å². The van der Waals surface area contributed by atoms with E-state index in [9.17, 15) is 14.4 Å². The van der Waals surface area contributed by atoms with Gasteiger partial charge in [-0.1, -0.05) is 30.3 Å². The molecule has 23 heavy (non-hydrogen) atoms. The number of carbonyl (C=O) groups excluding carboxylic acids is 1. The molecule has 2 aromatic carbocycles. The molecule has 5 nitrogen and oxygen atoms in total. The fraction of sp³-hybridized carbons (Fsp3) is 0.0588. The molecule has 6 heteroatoms. The van der Waals surface area contributed by atoms with Crippen LogP contribution in [0.3, 0.4) is 0 Å². The number of amides is 1. The third-order valence-electron chi connectivity index (χ3n) is 3.31. The van der Waals surface area contributed by atoms with Crippen molar-refractivity contribution in [1.29, 1.82) is 0 Å². The van der Waals surface area contributed by atoms with E-state index in [0.29, 0.717) is 11.4 Å². The first-order valence-electron chi connectivity index (χ1n) is 6.94. The van der Waals surface area contributed by atoms with Gasteiger partial charge in [-0.05, 0) is 24.3 Å². The Morgan fingerprint density at radius 1 is 1.13 bits per heavy atom. The maximum atomic E-state index is 13.1. The summed E-state index contributed by atoms with van der Waals surface area (Å²) in [4.78, 5) is 12.6. The predicted molar refractivity (Wildman–Crippen MR) is 84.5 cm³/mol. The molecule has 1 amide bonds. The summed E-state index contributed by atoms with van der Waals surface area (Å²) < 4.78 is 13.1. The first-order chi connectivity index (χ1) is 11.1. The van der Waals surface area contributed by atoms with Crippen LogP contribution in [0.25, 0.3) is 0 Å². The van der Waals surface area contributed by atoms with Gasteiger partial charge in [0.25, 0.3) is 5.91 Å². The third-order valence-corrected chi connectivity index (χ3v) is 3.31. The summed E-state index contributed by atoms with van der Waals surface area (Å²) in [5, 5.41) is 15.8. The molecular weight excluding hydrogens is 297 g/mol. The number of halogens is 1. The van der Waals surface area contributed by atoms with E-state index in [1.54, 1.807) is 0 Å². The summed E-state index contributed by atoms with van der Waals surface area (Å²) in [7, 11) is 1.41. The first-order valence-corrected chi connectivity index (χ1v) is 6.94. The molecule has 116 valence electrons. The zero-order chi connectivity index (χ0) is 16.4. The van der Waals surface area contributed by atoms with E-state index in [4.69, 9.17) is 0 Å². The van der Waals surface area contributed by atoms with Gasteiger partial charge in [-0.15, -0.1) is 0 Å². The molecule has 0 saturated heterocycles. The average molecular weight is 311 g/mol. The first kappa shape index (κ1) is 14.9. The number of hydrogen-bond donors (Lipinski definition) is 1. The molecule has 3 rings (SSSR count). The highest BCUT2D eigenvalue weighted by Crippen LogP contribution is 2.26. The van der Waals surface area contributed by atoms with E-state index in [-0.39, 0.29) is 5.57 Å².